The third-order valence-electron chi connectivity index (χ3n) is 2.35. The molecule has 0 amide bonds. The summed E-state index contributed by atoms with van der Waals surface area (Å²) in [5.41, 5.74) is 2.24. The number of rotatable bonds is 5. The first-order valence-corrected chi connectivity index (χ1v) is 5.04. The minimum atomic E-state index is 0.594. The van der Waals surface area contributed by atoms with Gasteiger partial charge in [0.25, 0.3) is 0 Å². The lowest BCUT2D eigenvalue weighted by atomic mass is 10.2. The van der Waals surface area contributed by atoms with Crippen LogP contribution in [-0.4, -0.2) is 18.1 Å². The fourth-order valence-corrected chi connectivity index (χ4v) is 1.34. The predicted molar refractivity (Wildman–Crippen MR) is 54.8 cm³/mol. The Morgan fingerprint density at radius 2 is 2.36 bits per heavy atom. The Hall–Kier alpha value is -0.930. The average molecular weight is 192 g/mol. The number of aromatic nitrogens is 1. The maximum absolute atomic E-state index is 5.00. The number of hydrogen-bond donors (Lipinski definition) is 1. The van der Waals surface area contributed by atoms with E-state index in [1.807, 2.05) is 12.3 Å². The smallest absolute Gasteiger partial charge is 0.0884 e. The van der Waals surface area contributed by atoms with Crippen molar-refractivity contribution in [3.05, 3.63) is 29.6 Å². The van der Waals surface area contributed by atoms with E-state index in [0.717, 1.165) is 18.3 Å². The highest BCUT2D eigenvalue weighted by Gasteiger charge is 2.19. The van der Waals surface area contributed by atoms with Crippen LogP contribution in [0, 0.1) is 0 Å². The summed E-state index contributed by atoms with van der Waals surface area (Å²) in [5.74, 6) is 0. The van der Waals surface area contributed by atoms with Crippen LogP contribution in [0.25, 0.3) is 0 Å². The highest BCUT2D eigenvalue weighted by molar-refractivity contribution is 5.13. The van der Waals surface area contributed by atoms with Gasteiger partial charge in [0.1, 0.15) is 0 Å². The molecule has 1 heterocycles. The van der Waals surface area contributed by atoms with Crippen LogP contribution in [0.15, 0.2) is 18.3 Å². The third kappa shape index (κ3) is 2.79. The van der Waals surface area contributed by atoms with Crippen LogP contribution in [0.5, 0.6) is 0 Å². The second kappa shape index (κ2) is 4.53. The van der Waals surface area contributed by atoms with Crippen LogP contribution < -0.4 is 5.32 Å². The lowest BCUT2D eigenvalue weighted by molar-refractivity contribution is 0.181. The van der Waals surface area contributed by atoms with Crippen LogP contribution in [-0.2, 0) is 17.9 Å². The molecular formula is C11H16N2O. The lowest BCUT2D eigenvalue weighted by Crippen LogP contribution is -2.15. The van der Waals surface area contributed by atoms with E-state index in [4.69, 9.17) is 4.74 Å². The van der Waals surface area contributed by atoms with Crippen LogP contribution >= 0.6 is 0 Å². The SMILES string of the molecule is COCc1ccc(CNC2CC2)cn1. The van der Waals surface area contributed by atoms with E-state index in [9.17, 15) is 0 Å². The molecule has 0 aromatic carbocycles. The van der Waals surface area contributed by atoms with Gasteiger partial charge in [-0.15, -0.1) is 0 Å². The fourth-order valence-electron chi connectivity index (χ4n) is 1.34. The van der Waals surface area contributed by atoms with E-state index in [2.05, 4.69) is 16.4 Å². The normalized spacial score (nSPS) is 15.8. The van der Waals surface area contributed by atoms with Gasteiger partial charge in [0.2, 0.25) is 0 Å². The first-order valence-electron chi connectivity index (χ1n) is 5.04. The first-order chi connectivity index (χ1) is 6.88. The van der Waals surface area contributed by atoms with Gasteiger partial charge in [0, 0.05) is 25.9 Å². The Bertz CT molecular complexity index is 280. The van der Waals surface area contributed by atoms with E-state index in [0.29, 0.717) is 6.61 Å². The fraction of sp³-hybridized carbons (Fsp3) is 0.545. The molecule has 2 rings (SSSR count). The summed E-state index contributed by atoms with van der Waals surface area (Å²) in [7, 11) is 1.68. The number of methoxy groups -OCH3 is 1. The van der Waals surface area contributed by atoms with Crippen LogP contribution in [0.3, 0.4) is 0 Å². The van der Waals surface area contributed by atoms with E-state index in [1.54, 1.807) is 7.11 Å². The minimum absolute atomic E-state index is 0.594. The molecule has 1 saturated carbocycles. The maximum Gasteiger partial charge on any atom is 0.0884 e. The predicted octanol–water partition coefficient (Wildman–Crippen LogP) is 1.48. The Labute approximate surface area is 84.5 Å². The van der Waals surface area contributed by atoms with E-state index in [-0.39, 0.29) is 0 Å². The van der Waals surface area contributed by atoms with Crippen molar-refractivity contribution in [3.63, 3.8) is 0 Å². The molecule has 0 aliphatic heterocycles. The van der Waals surface area contributed by atoms with Gasteiger partial charge < -0.3 is 10.1 Å². The monoisotopic (exact) mass is 192 g/mol. The summed E-state index contributed by atoms with van der Waals surface area (Å²) in [6, 6.07) is 4.89. The van der Waals surface area contributed by atoms with Gasteiger partial charge in [0.15, 0.2) is 0 Å². The molecule has 0 unspecified atom stereocenters. The highest BCUT2D eigenvalue weighted by Crippen LogP contribution is 2.19. The molecule has 0 atom stereocenters. The molecule has 0 radical (unpaired) electrons. The van der Waals surface area contributed by atoms with E-state index in [1.165, 1.54) is 18.4 Å². The Kier molecular flexibility index (Phi) is 3.11. The van der Waals surface area contributed by atoms with E-state index < -0.39 is 0 Å². The molecule has 0 spiro atoms. The zero-order valence-electron chi connectivity index (χ0n) is 8.49. The minimum Gasteiger partial charge on any atom is -0.378 e. The van der Waals surface area contributed by atoms with Crippen molar-refractivity contribution in [2.24, 2.45) is 0 Å². The summed E-state index contributed by atoms with van der Waals surface area (Å²) in [6.07, 6.45) is 4.58. The number of hydrogen-bond acceptors (Lipinski definition) is 3. The van der Waals surface area contributed by atoms with Crippen molar-refractivity contribution in [1.82, 2.24) is 10.3 Å². The zero-order chi connectivity index (χ0) is 9.80. The largest absolute Gasteiger partial charge is 0.378 e. The Morgan fingerprint density at radius 3 is 2.93 bits per heavy atom. The quantitative estimate of drug-likeness (QED) is 0.767. The highest BCUT2D eigenvalue weighted by atomic mass is 16.5. The van der Waals surface area contributed by atoms with Gasteiger partial charge >= 0.3 is 0 Å². The lowest BCUT2D eigenvalue weighted by Gasteiger charge is -2.03. The van der Waals surface area contributed by atoms with Crippen molar-refractivity contribution in [2.45, 2.75) is 32.0 Å². The summed E-state index contributed by atoms with van der Waals surface area (Å²) in [6.45, 7) is 1.53. The molecule has 1 aromatic heterocycles. The molecule has 0 bridgehead atoms. The van der Waals surface area contributed by atoms with Crippen molar-refractivity contribution in [1.29, 1.82) is 0 Å². The van der Waals surface area contributed by atoms with Crippen molar-refractivity contribution < 1.29 is 4.74 Å². The van der Waals surface area contributed by atoms with Crippen LogP contribution in [0.4, 0.5) is 0 Å². The van der Waals surface area contributed by atoms with Crippen molar-refractivity contribution in [2.75, 3.05) is 7.11 Å². The second-order valence-corrected chi connectivity index (χ2v) is 3.75. The average Bonchev–Trinajstić information content (AvgIpc) is 3.01. The summed E-state index contributed by atoms with van der Waals surface area (Å²) >= 11 is 0. The van der Waals surface area contributed by atoms with Crippen LogP contribution in [0.2, 0.25) is 0 Å². The van der Waals surface area contributed by atoms with Gasteiger partial charge in [0.05, 0.1) is 12.3 Å². The number of nitrogens with one attached hydrogen (secondary N) is 1. The molecule has 1 fully saturated rings. The standard InChI is InChI=1S/C11H16N2O/c1-14-8-11-3-2-9(7-13-11)6-12-10-4-5-10/h2-3,7,10,12H,4-6,8H2,1H3. The van der Waals surface area contributed by atoms with Crippen molar-refractivity contribution >= 4 is 0 Å². The molecule has 0 saturated heterocycles. The molecule has 1 N–H and O–H groups in total. The maximum atomic E-state index is 5.00. The van der Waals surface area contributed by atoms with Crippen LogP contribution in [0.1, 0.15) is 24.1 Å². The number of nitrogens with zero attached hydrogens (tertiary/aromatic N) is 1. The number of pyridine rings is 1. The third-order valence-corrected chi connectivity index (χ3v) is 2.35. The topological polar surface area (TPSA) is 34.1 Å². The molecule has 3 heteroatoms. The Morgan fingerprint density at radius 1 is 1.50 bits per heavy atom. The molecule has 1 aliphatic carbocycles. The molecule has 1 aromatic rings. The van der Waals surface area contributed by atoms with E-state index >= 15 is 0 Å². The second-order valence-electron chi connectivity index (χ2n) is 3.75. The first kappa shape index (κ1) is 9.62. The molecule has 3 nitrogen and oxygen atoms in total. The molecular weight excluding hydrogens is 176 g/mol. The molecule has 1 aliphatic rings. The zero-order valence-corrected chi connectivity index (χ0v) is 8.49. The van der Waals surface area contributed by atoms with Gasteiger partial charge in [-0.05, 0) is 24.5 Å². The summed E-state index contributed by atoms with van der Waals surface area (Å²) in [4.78, 5) is 4.30. The summed E-state index contributed by atoms with van der Waals surface area (Å²) in [5, 5.41) is 3.45. The van der Waals surface area contributed by atoms with Gasteiger partial charge in [-0.2, -0.15) is 0 Å². The van der Waals surface area contributed by atoms with Gasteiger partial charge in [-0.25, -0.2) is 0 Å². The Balaban J connectivity index is 1.84. The van der Waals surface area contributed by atoms with Gasteiger partial charge in [-0.1, -0.05) is 6.07 Å². The molecule has 76 valence electrons. The van der Waals surface area contributed by atoms with Crippen molar-refractivity contribution in [3.8, 4) is 0 Å². The van der Waals surface area contributed by atoms with Gasteiger partial charge in [-0.3, -0.25) is 4.98 Å². The summed E-state index contributed by atoms with van der Waals surface area (Å²) < 4.78 is 5.00. The number of ether oxygens (including phenoxy) is 1. The molecule has 14 heavy (non-hydrogen) atoms.